The molecule has 35 heavy (non-hydrogen) atoms. The fourth-order valence-electron chi connectivity index (χ4n) is 5.14. The molecule has 4 heterocycles. The molecule has 7 nitrogen and oxygen atoms in total. The van der Waals surface area contributed by atoms with Crippen LogP contribution in [0.1, 0.15) is 59.2 Å². The van der Waals surface area contributed by atoms with Gasteiger partial charge in [-0.05, 0) is 50.1 Å². The standard InChI is InChI=1S/C27H25ClN6O/c1-17-26-22(31-27(35)24-15-29-25-14-19(28)12-13-33(24)25)10-5-11-23(26)34(32-17)16-20-8-4-9-21(30-20)18-6-2-3-7-18/h4-5,8-15,18H,2-3,6-7,16H2,1H3,(H,31,35). The number of hydrogen-bond acceptors (Lipinski definition) is 4. The predicted octanol–water partition coefficient (Wildman–Crippen LogP) is 6.00. The largest absolute Gasteiger partial charge is 0.320 e. The molecule has 1 aliphatic rings. The molecule has 1 aliphatic carbocycles. The number of aryl methyl sites for hydroxylation is 1. The molecule has 176 valence electrons. The Morgan fingerprint density at radius 1 is 1.14 bits per heavy atom. The molecule has 1 aromatic carbocycles. The van der Waals surface area contributed by atoms with Crippen LogP contribution in [-0.2, 0) is 6.54 Å². The number of amides is 1. The molecule has 5 aromatic rings. The summed E-state index contributed by atoms with van der Waals surface area (Å²) < 4.78 is 3.69. The van der Waals surface area contributed by atoms with E-state index in [1.54, 1.807) is 28.9 Å². The molecule has 1 amide bonds. The SMILES string of the molecule is Cc1nn(Cc2cccc(C3CCCC3)n2)c2cccc(NC(=O)c3cnc4cc(Cl)ccn34)c12. The van der Waals surface area contributed by atoms with Crippen molar-refractivity contribution in [3.8, 4) is 0 Å². The Labute approximate surface area is 207 Å². The molecule has 1 fully saturated rings. The summed E-state index contributed by atoms with van der Waals surface area (Å²) in [5.41, 5.74) is 5.77. The van der Waals surface area contributed by atoms with Crippen LogP contribution in [0.2, 0.25) is 5.02 Å². The van der Waals surface area contributed by atoms with Crippen molar-refractivity contribution < 1.29 is 4.79 Å². The van der Waals surface area contributed by atoms with E-state index < -0.39 is 0 Å². The number of nitrogens with one attached hydrogen (secondary N) is 1. The number of anilines is 1. The van der Waals surface area contributed by atoms with Gasteiger partial charge in [-0.1, -0.05) is 36.6 Å². The molecule has 0 saturated heterocycles. The Balaban J connectivity index is 1.30. The highest BCUT2D eigenvalue weighted by Gasteiger charge is 2.20. The maximum atomic E-state index is 13.1. The molecule has 4 aromatic heterocycles. The number of carbonyl (C=O) groups excluding carboxylic acids is 1. The number of benzene rings is 1. The number of fused-ring (bicyclic) bond motifs is 2. The first-order valence-electron chi connectivity index (χ1n) is 11.9. The second-order valence-electron chi connectivity index (χ2n) is 9.15. The molecular weight excluding hydrogens is 460 g/mol. The lowest BCUT2D eigenvalue weighted by Gasteiger charge is -2.11. The van der Waals surface area contributed by atoms with Crippen LogP contribution in [-0.4, -0.2) is 30.1 Å². The summed E-state index contributed by atoms with van der Waals surface area (Å²) >= 11 is 6.05. The molecule has 0 bridgehead atoms. The summed E-state index contributed by atoms with van der Waals surface area (Å²) in [5, 5.41) is 9.35. The number of hydrogen-bond donors (Lipinski definition) is 1. The highest BCUT2D eigenvalue weighted by atomic mass is 35.5. The zero-order valence-electron chi connectivity index (χ0n) is 19.4. The van der Waals surface area contributed by atoms with Crippen molar-refractivity contribution in [1.82, 2.24) is 24.1 Å². The van der Waals surface area contributed by atoms with Gasteiger partial charge in [-0.2, -0.15) is 5.10 Å². The van der Waals surface area contributed by atoms with E-state index in [0.717, 1.165) is 22.3 Å². The zero-order valence-corrected chi connectivity index (χ0v) is 20.2. The molecule has 0 spiro atoms. The summed E-state index contributed by atoms with van der Waals surface area (Å²) in [5.74, 6) is 0.328. The van der Waals surface area contributed by atoms with Crippen molar-refractivity contribution in [2.75, 3.05) is 5.32 Å². The van der Waals surface area contributed by atoms with Crippen LogP contribution in [0, 0.1) is 6.92 Å². The van der Waals surface area contributed by atoms with E-state index in [1.165, 1.54) is 31.4 Å². The highest BCUT2D eigenvalue weighted by molar-refractivity contribution is 6.30. The summed E-state index contributed by atoms with van der Waals surface area (Å²) in [4.78, 5) is 22.4. The van der Waals surface area contributed by atoms with Crippen LogP contribution in [0.3, 0.4) is 0 Å². The molecule has 8 heteroatoms. The lowest BCUT2D eigenvalue weighted by molar-refractivity contribution is 0.102. The van der Waals surface area contributed by atoms with Crippen molar-refractivity contribution in [3.05, 3.63) is 88.7 Å². The van der Waals surface area contributed by atoms with Crippen molar-refractivity contribution in [1.29, 1.82) is 0 Å². The molecule has 0 radical (unpaired) electrons. The highest BCUT2D eigenvalue weighted by Crippen LogP contribution is 2.33. The van der Waals surface area contributed by atoms with Crippen LogP contribution in [0.25, 0.3) is 16.6 Å². The number of halogens is 1. The molecule has 6 rings (SSSR count). The maximum Gasteiger partial charge on any atom is 0.274 e. The quantitative estimate of drug-likeness (QED) is 0.332. The Morgan fingerprint density at radius 2 is 1.97 bits per heavy atom. The van der Waals surface area contributed by atoms with Crippen LogP contribution in [0.4, 0.5) is 5.69 Å². The van der Waals surface area contributed by atoms with Gasteiger partial charge in [0.05, 0.1) is 35.3 Å². The maximum absolute atomic E-state index is 13.1. The topological polar surface area (TPSA) is 77.1 Å². The minimum Gasteiger partial charge on any atom is -0.320 e. The lowest BCUT2D eigenvalue weighted by Crippen LogP contribution is -2.14. The first-order chi connectivity index (χ1) is 17.1. The van der Waals surface area contributed by atoms with Crippen molar-refractivity contribution in [2.45, 2.75) is 45.1 Å². The van der Waals surface area contributed by atoms with Gasteiger partial charge < -0.3 is 5.32 Å². The third-order valence-corrected chi connectivity index (χ3v) is 7.06. The number of pyridine rings is 2. The first kappa shape index (κ1) is 21.8. The Hall–Kier alpha value is -3.71. The third-order valence-electron chi connectivity index (χ3n) is 6.82. The van der Waals surface area contributed by atoms with Gasteiger partial charge >= 0.3 is 0 Å². The average molecular weight is 485 g/mol. The summed E-state index contributed by atoms with van der Waals surface area (Å²) in [6, 6.07) is 15.6. The van der Waals surface area contributed by atoms with Crippen molar-refractivity contribution >= 4 is 39.7 Å². The fraction of sp³-hybridized carbons (Fsp3) is 0.259. The summed E-state index contributed by atoms with van der Waals surface area (Å²) in [7, 11) is 0. The van der Waals surface area contributed by atoms with Crippen LogP contribution in [0.15, 0.2) is 60.9 Å². The van der Waals surface area contributed by atoms with Gasteiger partial charge in [0, 0.05) is 34.3 Å². The number of rotatable bonds is 5. The van der Waals surface area contributed by atoms with Crippen LogP contribution >= 0.6 is 11.6 Å². The van der Waals surface area contributed by atoms with Gasteiger partial charge in [0.1, 0.15) is 11.3 Å². The lowest BCUT2D eigenvalue weighted by atomic mass is 10.0. The predicted molar refractivity (Wildman–Crippen MR) is 137 cm³/mol. The minimum absolute atomic E-state index is 0.245. The Kier molecular flexibility index (Phi) is 5.49. The zero-order chi connectivity index (χ0) is 23.9. The normalized spacial score (nSPS) is 14.2. The van der Waals surface area contributed by atoms with Crippen LogP contribution in [0.5, 0.6) is 0 Å². The van der Waals surface area contributed by atoms with Gasteiger partial charge in [-0.25, -0.2) is 4.98 Å². The van der Waals surface area contributed by atoms with Gasteiger partial charge in [0.25, 0.3) is 5.91 Å². The molecule has 0 aliphatic heterocycles. The molecular formula is C27H25ClN6O. The first-order valence-corrected chi connectivity index (χ1v) is 12.3. The van der Waals surface area contributed by atoms with E-state index >= 15 is 0 Å². The molecule has 0 atom stereocenters. The van der Waals surface area contributed by atoms with Gasteiger partial charge in [-0.3, -0.25) is 18.9 Å². The Morgan fingerprint density at radius 3 is 2.83 bits per heavy atom. The second kappa shape index (κ2) is 8.82. The minimum atomic E-state index is -0.245. The van der Waals surface area contributed by atoms with Gasteiger partial charge in [0.2, 0.25) is 0 Å². The van der Waals surface area contributed by atoms with Gasteiger partial charge in [-0.15, -0.1) is 0 Å². The number of imidazole rings is 1. The molecule has 1 N–H and O–H groups in total. The Bertz CT molecular complexity index is 1560. The monoisotopic (exact) mass is 484 g/mol. The van der Waals surface area contributed by atoms with Crippen LogP contribution < -0.4 is 5.32 Å². The summed E-state index contributed by atoms with van der Waals surface area (Å²) in [6.07, 6.45) is 8.33. The average Bonchev–Trinajstić information content (AvgIpc) is 3.59. The fourth-order valence-corrected chi connectivity index (χ4v) is 5.30. The van der Waals surface area contributed by atoms with E-state index in [4.69, 9.17) is 21.7 Å². The van der Waals surface area contributed by atoms with Crippen molar-refractivity contribution in [2.24, 2.45) is 0 Å². The van der Waals surface area contributed by atoms with E-state index in [2.05, 4.69) is 28.5 Å². The number of carbonyl (C=O) groups is 1. The van der Waals surface area contributed by atoms with E-state index in [0.29, 0.717) is 34.5 Å². The molecule has 1 saturated carbocycles. The number of aromatic nitrogens is 5. The molecule has 0 unspecified atom stereocenters. The van der Waals surface area contributed by atoms with E-state index in [-0.39, 0.29) is 5.91 Å². The second-order valence-corrected chi connectivity index (χ2v) is 9.59. The summed E-state index contributed by atoms with van der Waals surface area (Å²) in [6.45, 7) is 2.55. The van der Waals surface area contributed by atoms with E-state index in [1.807, 2.05) is 29.8 Å². The van der Waals surface area contributed by atoms with Crippen molar-refractivity contribution in [3.63, 3.8) is 0 Å². The van der Waals surface area contributed by atoms with Gasteiger partial charge in [0.15, 0.2) is 0 Å². The number of nitrogens with zero attached hydrogens (tertiary/aromatic N) is 5. The third kappa shape index (κ3) is 4.06. The van der Waals surface area contributed by atoms with E-state index in [9.17, 15) is 4.79 Å². The smallest absolute Gasteiger partial charge is 0.274 e.